The Hall–Kier alpha value is -1.97. The van der Waals surface area contributed by atoms with E-state index in [0.717, 1.165) is 61.2 Å². The number of fused-ring (bicyclic) bond motifs is 6. The molecule has 5 rings (SSSR count). The topological polar surface area (TPSA) is 46.1 Å². The van der Waals surface area contributed by atoms with Gasteiger partial charge in [-0.1, -0.05) is 32.9 Å². The number of likely N-dealkylation sites (tertiary alicyclic amines) is 1. The standard InChI is InChI=1S/C21H25N3O/c1-19(2)20(3)10-11-21(19,18(25)24-12-6-7-13-24)17-16(20)22-14-8-4-5-9-15(14)23-17/h4-5,8-9H,6-7,10-13H2,1-3H3/t20-,21+/m0/s1. The molecule has 0 radical (unpaired) electrons. The average Bonchev–Trinajstić information content (AvgIpc) is 3.24. The summed E-state index contributed by atoms with van der Waals surface area (Å²) < 4.78 is 0. The van der Waals surface area contributed by atoms with Crippen molar-refractivity contribution in [1.82, 2.24) is 14.9 Å². The van der Waals surface area contributed by atoms with Gasteiger partial charge in [0.25, 0.3) is 0 Å². The van der Waals surface area contributed by atoms with E-state index in [0.29, 0.717) is 5.91 Å². The number of hydrogen-bond donors (Lipinski definition) is 0. The fourth-order valence-electron chi connectivity index (χ4n) is 5.71. The maximum absolute atomic E-state index is 13.7. The number of rotatable bonds is 1. The van der Waals surface area contributed by atoms with Gasteiger partial charge in [0, 0.05) is 18.5 Å². The Balaban J connectivity index is 1.79. The van der Waals surface area contributed by atoms with Crippen LogP contribution in [0.1, 0.15) is 57.8 Å². The van der Waals surface area contributed by atoms with Crippen molar-refractivity contribution in [2.24, 2.45) is 5.41 Å². The molecule has 130 valence electrons. The van der Waals surface area contributed by atoms with Gasteiger partial charge in [-0.15, -0.1) is 0 Å². The van der Waals surface area contributed by atoms with Crippen molar-refractivity contribution in [3.63, 3.8) is 0 Å². The molecule has 1 aromatic heterocycles. The summed E-state index contributed by atoms with van der Waals surface area (Å²) in [6.45, 7) is 8.61. The third-order valence-corrected chi connectivity index (χ3v) is 7.70. The van der Waals surface area contributed by atoms with Crippen LogP contribution in [0.25, 0.3) is 11.0 Å². The van der Waals surface area contributed by atoms with E-state index in [1.54, 1.807) is 0 Å². The number of carbonyl (C=O) groups excluding carboxylic acids is 1. The Morgan fingerprint density at radius 2 is 1.56 bits per heavy atom. The quantitative estimate of drug-likeness (QED) is 0.800. The van der Waals surface area contributed by atoms with Crippen molar-refractivity contribution in [3.8, 4) is 0 Å². The van der Waals surface area contributed by atoms with Gasteiger partial charge in [0.15, 0.2) is 0 Å². The van der Waals surface area contributed by atoms with Gasteiger partial charge in [0.2, 0.25) is 5.91 Å². The van der Waals surface area contributed by atoms with Crippen molar-refractivity contribution in [2.75, 3.05) is 13.1 Å². The molecule has 1 saturated carbocycles. The van der Waals surface area contributed by atoms with Crippen molar-refractivity contribution in [3.05, 3.63) is 35.7 Å². The zero-order valence-corrected chi connectivity index (χ0v) is 15.3. The summed E-state index contributed by atoms with van der Waals surface area (Å²) >= 11 is 0. The number of benzene rings is 1. The Kier molecular flexibility index (Phi) is 2.81. The van der Waals surface area contributed by atoms with Crippen LogP contribution >= 0.6 is 0 Å². The van der Waals surface area contributed by atoms with E-state index in [-0.39, 0.29) is 10.8 Å². The maximum Gasteiger partial charge on any atom is 0.235 e. The number of hydrogen-bond acceptors (Lipinski definition) is 3. The van der Waals surface area contributed by atoms with Crippen LogP contribution in [0.15, 0.2) is 24.3 Å². The monoisotopic (exact) mass is 335 g/mol. The molecule has 25 heavy (non-hydrogen) atoms. The lowest BCUT2D eigenvalue weighted by Crippen LogP contribution is -2.52. The van der Waals surface area contributed by atoms with Crippen LogP contribution in [0.4, 0.5) is 0 Å². The zero-order chi connectivity index (χ0) is 17.4. The highest BCUT2D eigenvalue weighted by atomic mass is 16.2. The van der Waals surface area contributed by atoms with E-state index in [1.165, 1.54) is 0 Å². The lowest BCUT2D eigenvalue weighted by Gasteiger charge is -2.41. The van der Waals surface area contributed by atoms with Gasteiger partial charge in [-0.25, -0.2) is 9.97 Å². The number of carbonyl (C=O) groups is 1. The van der Waals surface area contributed by atoms with Crippen LogP contribution in [0.2, 0.25) is 0 Å². The molecule has 4 heteroatoms. The molecule has 2 atom stereocenters. The molecule has 2 aliphatic carbocycles. The molecular weight excluding hydrogens is 310 g/mol. The normalized spacial score (nSPS) is 32.4. The fourth-order valence-corrected chi connectivity index (χ4v) is 5.71. The lowest BCUT2D eigenvalue weighted by atomic mass is 9.63. The third-order valence-electron chi connectivity index (χ3n) is 7.70. The second kappa shape index (κ2) is 4.60. The highest BCUT2D eigenvalue weighted by Crippen LogP contribution is 2.70. The lowest BCUT2D eigenvalue weighted by molar-refractivity contribution is -0.140. The van der Waals surface area contributed by atoms with Crippen LogP contribution in [0.3, 0.4) is 0 Å². The molecule has 2 heterocycles. The predicted molar refractivity (Wildman–Crippen MR) is 97.4 cm³/mol. The van der Waals surface area contributed by atoms with Gasteiger partial charge < -0.3 is 4.90 Å². The molecule has 1 amide bonds. The van der Waals surface area contributed by atoms with Gasteiger partial charge in [-0.2, -0.15) is 0 Å². The zero-order valence-electron chi connectivity index (χ0n) is 15.3. The molecule has 1 aromatic carbocycles. The van der Waals surface area contributed by atoms with Crippen molar-refractivity contribution in [1.29, 1.82) is 0 Å². The molecule has 0 spiro atoms. The number of para-hydroxylation sites is 2. The fraction of sp³-hybridized carbons (Fsp3) is 0.571. The summed E-state index contributed by atoms with van der Waals surface area (Å²) in [6, 6.07) is 8.05. The Morgan fingerprint density at radius 3 is 2.20 bits per heavy atom. The van der Waals surface area contributed by atoms with Gasteiger partial charge >= 0.3 is 0 Å². The highest BCUT2D eigenvalue weighted by Gasteiger charge is 2.73. The summed E-state index contributed by atoms with van der Waals surface area (Å²) in [5.41, 5.74) is 3.10. The smallest absolute Gasteiger partial charge is 0.235 e. The summed E-state index contributed by atoms with van der Waals surface area (Å²) in [7, 11) is 0. The summed E-state index contributed by atoms with van der Waals surface area (Å²) in [6.07, 6.45) is 4.15. The predicted octanol–water partition coefficient (Wildman–Crippen LogP) is 3.58. The van der Waals surface area contributed by atoms with Gasteiger partial charge in [-0.3, -0.25) is 4.79 Å². The van der Waals surface area contributed by atoms with Gasteiger partial charge in [0.05, 0.1) is 27.8 Å². The van der Waals surface area contributed by atoms with Crippen molar-refractivity contribution in [2.45, 2.75) is 57.3 Å². The minimum absolute atomic E-state index is 0.0885. The highest BCUT2D eigenvalue weighted by molar-refractivity contribution is 5.93. The van der Waals surface area contributed by atoms with Crippen molar-refractivity contribution >= 4 is 16.9 Å². The maximum atomic E-state index is 13.7. The van der Waals surface area contributed by atoms with E-state index >= 15 is 0 Å². The largest absolute Gasteiger partial charge is 0.342 e. The molecule has 0 N–H and O–H groups in total. The van der Waals surface area contributed by atoms with Crippen molar-refractivity contribution < 1.29 is 4.79 Å². The molecule has 3 aliphatic rings. The van der Waals surface area contributed by atoms with Crippen LogP contribution in [0, 0.1) is 5.41 Å². The minimum Gasteiger partial charge on any atom is -0.342 e. The Labute approximate surface area is 148 Å². The molecule has 2 aromatic rings. The SMILES string of the molecule is CC1(C)[C@@]2(C)CC[C@]1(C(=O)N1CCCC1)c1nc3ccccc3nc12. The van der Waals surface area contributed by atoms with Crippen LogP contribution in [-0.4, -0.2) is 33.9 Å². The number of amides is 1. The molecule has 2 fully saturated rings. The average molecular weight is 335 g/mol. The summed E-state index contributed by atoms with van der Waals surface area (Å²) in [5.74, 6) is 0.294. The first-order valence-electron chi connectivity index (χ1n) is 9.49. The first-order valence-corrected chi connectivity index (χ1v) is 9.49. The molecule has 1 saturated heterocycles. The van der Waals surface area contributed by atoms with E-state index in [2.05, 4.69) is 25.7 Å². The molecule has 0 unspecified atom stereocenters. The second-order valence-corrected chi connectivity index (χ2v) is 8.77. The van der Waals surface area contributed by atoms with E-state index < -0.39 is 5.41 Å². The van der Waals surface area contributed by atoms with E-state index in [1.807, 2.05) is 24.3 Å². The molecule has 2 bridgehead atoms. The third kappa shape index (κ3) is 1.57. The second-order valence-electron chi connectivity index (χ2n) is 8.77. The summed E-state index contributed by atoms with van der Waals surface area (Å²) in [4.78, 5) is 25.9. The van der Waals surface area contributed by atoms with Crippen LogP contribution < -0.4 is 0 Å². The van der Waals surface area contributed by atoms with Gasteiger partial charge in [-0.05, 0) is 43.2 Å². The molecular formula is C21H25N3O. The van der Waals surface area contributed by atoms with Crippen LogP contribution in [-0.2, 0) is 15.6 Å². The molecule has 4 nitrogen and oxygen atoms in total. The van der Waals surface area contributed by atoms with Crippen LogP contribution in [0.5, 0.6) is 0 Å². The van der Waals surface area contributed by atoms with E-state index in [9.17, 15) is 4.79 Å². The van der Waals surface area contributed by atoms with E-state index in [4.69, 9.17) is 9.97 Å². The summed E-state index contributed by atoms with van der Waals surface area (Å²) in [5, 5.41) is 0. The first kappa shape index (κ1) is 15.3. The number of aromatic nitrogens is 2. The van der Waals surface area contributed by atoms with Gasteiger partial charge in [0.1, 0.15) is 0 Å². The minimum atomic E-state index is -0.515. The Bertz CT molecular complexity index is 899. The Morgan fingerprint density at radius 1 is 0.960 bits per heavy atom. The molecule has 1 aliphatic heterocycles. The first-order chi connectivity index (χ1) is 11.9. The number of nitrogens with zero attached hydrogens (tertiary/aromatic N) is 3.